The van der Waals surface area contributed by atoms with Gasteiger partial charge in [-0.1, -0.05) is 17.7 Å². The van der Waals surface area contributed by atoms with Crippen LogP contribution in [-0.2, 0) is 0 Å². The Hall–Kier alpha value is -2.53. The van der Waals surface area contributed by atoms with E-state index in [1.807, 2.05) is 29.2 Å². The molecular formula is C18H18ClN3O2. The largest absolute Gasteiger partial charge is 0.368 e. The number of piperazine rings is 1. The van der Waals surface area contributed by atoms with Crippen molar-refractivity contribution in [2.24, 2.45) is 5.73 Å². The number of amides is 2. The SMILES string of the molecule is NC(=O)c1ccc(C(=O)N2CCN(c3cccc(Cl)c3)CC2)cc1. The van der Waals surface area contributed by atoms with Crippen molar-refractivity contribution in [1.29, 1.82) is 0 Å². The zero-order valence-corrected chi connectivity index (χ0v) is 13.9. The summed E-state index contributed by atoms with van der Waals surface area (Å²) in [6.07, 6.45) is 0. The standard InChI is InChI=1S/C18H18ClN3O2/c19-15-2-1-3-16(12-15)21-8-10-22(11-9-21)18(24)14-6-4-13(5-7-14)17(20)23/h1-7,12H,8-11H2,(H2,20,23). The highest BCUT2D eigenvalue weighted by Gasteiger charge is 2.22. The Labute approximate surface area is 145 Å². The molecule has 0 aromatic heterocycles. The van der Waals surface area contributed by atoms with Crippen LogP contribution >= 0.6 is 11.6 Å². The molecule has 0 aliphatic carbocycles. The normalized spacial score (nSPS) is 14.5. The first-order valence-corrected chi connectivity index (χ1v) is 8.12. The van der Waals surface area contributed by atoms with Gasteiger partial charge >= 0.3 is 0 Å². The summed E-state index contributed by atoms with van der Waals surface area (Å²) >= 11 is 6.03. The minimum atomic E-state index is -0.496. The third-order valence-corrected chi connectivity index (χ3v) is 4.39. The van der Waals surface area contributed by atoms with Gasteiger partial charge in [0.15, 0.2) is 0 Å². The minimum absolute atomic E-state index is 0.0308. The van der Waals surface area contributed by atoms with Gasteiger partial charge in [-0.3, -0.25) is 9.59 Å². The van der Waals surface area contributed by atoms with Crippen molar-refractivity contribution < 1.29 is 9.59 Å². The van der Waals surface area contributed by atoms with Crippen molar-refractivity contribution in [3.8, 4) is 0 Å². The molecule has 0 spiro atoms. The van der Waals surface area contributed by atoms with E-state index in [-0.39, 0.29) is 5.91 Å². The maximum Gasteiger partial charge on any atom is 0.253 e. The van der Waals surface area contributed by atoms with Crippen molar-refractivity contribution in [3.63, 3.8) is 0 Å². The summed E-state index contributed by atoms with van der Waals surface area (Å²) < 4.78 is 0. The number of nitrogens with zero attached hydrogens (tertiary/aromatic N) is 2. The number of primary amides is 1. The summed E-state index contributed by atoms with van der Waals surface area (Å²) in [6, 6.07) is 14.2. The smallest absolute Gasteiger partial charge is 0.253 e. The van der Waals surface area contributed by atoms with Gasteiger partial charge in [0.05, 0.1) is 0 Å². The van der Waals surface area contributed by atoms with Crippen LogP contribution in [0.4, 0.5) is 5.69 Å². The van der Waals surface area contributed by atoms with E-state index in [0.29, 0.717) is 29.2 Å². The Bertz CT molecular complexity index is 753. The van der Waals surface area contributed by atoms with Crippen molar-refractivity contribution in [2.75, 3.05) is 31.1 Å². The zero-order chi connectivity index (χ0) is 17.1. The second-order valence-electron chi connectivity index (χ2n) is 5.70. The first-order chi connectivity index (χ1) is 11.5. The van der Waals surface area contributed by atoms with Crippen LogP contribution in [0.5, 0.6) is 0 Å². The molecule has 1 fully saturated rings. The van der Waals surface area contributed by atoms with Crippen molar-refractivity contribution in [3.05, 3.63) is 64.7 Å². The highest BCUT2D eigenvalue weighted by Crippen LogP contribution is 2.21. The predicted molar refractivity (Wildman–Crippen MR) is 94.5 cm³/mol. The average Bonchev–Trinajstić information content (AvgIpc) is 2.61. The van der Waals surface area contributed by atoms with Gasteiger partial charge in [-0.15, -0.1) is 0 Å². The van der Waals surface area contributed by atoms with E-state index >= 15 is 0 Å². The Morgan fingerprint density at radius 1 is 0.917 bits per heavy atom. The molecule has 1 heterocycles. The fourth-order valence-corrected chi connectivity index (χ4v) is 2.98. The van der Waals surface area contributed by atoms with Gasteiger partial charge in [-0.25, -0.2) is 0 Å². The Morgan fingerprint density at radius 2 is 1.54 bits per heavy atom. The third-order valence-electron chi connectivity index (χ3n) is 4.16. The highest BCUT2D eigenvalue weighted by atomic mass is 35.5. The molecule has 2 aromatic rings. The number of carbonyl (C=O) groups excluding carboxylic acids is 2. The van der Waals surface area contributed by atoms with E-state index in [0.717, 1.165) is 18.8 Å². The Morgan fingerprint density at radius 3 is 2.12 bits per heavy atom. The molecule has 124 valence electrons. The molecule has 0 radical (unpaired) electrons. The van der Waals surface area contributed by atoms with Gasteiger partial charge in [0.25, 0.3) is 5.91 Å². The molecule has 0 bridgehead atoms. The van der Waals surface area contributed by atoms with E-state index in [9.17, 15) is 9.59 Å². The monoisotopic (exact) mass is 343 g/mol. The number of benzene rings is 2. The molecule has 2 aromatic carbocycles. The van der Waals surface area contributed by atoms with E-state index in [1.54, 1.807) is 24.3 Å². The predicted octanol–water partition coefficient (Wildman–Crippen LogP) is 2.40. The molecule has 6 heteroatoms. The van der Waals surface area contributed by atoms with Crippen LogP contribution in [0.1, 0.15) is 20.7 Å². The summed E-state index contributed by atoms with van der Waals surface area (Å²) in [4.78, 5) is 27.7. The molecule has 1 aliphatic heterocycles. The van der Waals surface area contributed by atoms with Gasteiger partial charge in [0.2, 0.25) is 5.91 Å². The van der Waals surface area contributed by atoms with Crippen molar-refractivity contribution >= 4 is 29.1 Å². The molecule has 2 N–H and O–H groups in total. The first-order valence-electron chi connectivity index (χ1n) is 7.74. The average molecular weight is 344 g/mol. The molecule has 0 atom stereocenters. The minimum Gasteiger partial charge on any atom is -0.368 e. The van der Waals surface area contributed by atoms with Gasteiger partial charge in [0.1, 0.15) is 0 Å². The lowest BCUT2D eigenvalue weighted by molar-refractivity contribution is 0.0746. The molecule has 0 unspecified atom stereocenters. The highest BCUT2D eigenvalue weighted by molar-refractivity contribution is 6.30. The van der Waals surface area contributed by atoms with Crippen molar-refractivity contribution in [2.45, 2.75) is 0 Å². The number of nitrogens with two attached hydrogens (primary N) is 1. The number of anilines is 1. The van der Waals surface area contributed by atoms with Gasteiger partial charge in [-0.05, 0) is 42.5 Å². The van der Waals surface area contributed by atoms with Crippen LogP contribution in [0.15, 0.2) is 48.5 Å². The van der Waals surface area contributed by atoms with Crippen LogP contribution in [-0.4, -0.2) is 42.9 Å². The molecule has 2 amide bonds. The second-order valence-corrected chi connectivity index (χ2v) is 6.14. The number of carbonyl (C=O) groups is 2. The van der Waals surface area contributed by atoms with E-state index in [4.69, 9.17) is 17.3 Å². The first kappa shape index (κ1) is 16.3. The molecule has 24 heavy (non-hydrogen) atoms. The molecule has 0 saturated carbocycles. The van der Waals surface area contributed by atoms with Crippen LogP contribution in [0.3, 0.4) is 0 Å². The molecule has 5 nitrogen and oxygen atoms in total. The summed E-state index contributed by atoms with van der Waals surface area (Å²) in [5, 5.41) is 0.709. The van der Waals surface area contributed by atoms with Gasteiger partial charge in [0, 0.05) is 48.0 Å². The van der Waals surface area contributed by atoms with Crippen LogP contribution < -0.4 is 10.6 Å². The van der Waals surface area contributed by atoms with Crippen LogP contribution in [0.2, 0.25) is 5.02 Å². The van der Waals surface area contributed by atoms with E-state index in [1.165, 1.54) is 0 Å². The molecule has 1 saturated heterocycles. The lowest BCUT2D eigenvalue weighted by atomic mass is 10.1. The van der Waals surface area contributed by atoms with Gasteiger partial charge < -0.3 is 15.5 Å². The Kier molecular flexibility index (Phi) is 4.71. The molecule has 3 rings (SSSR count). The fourth-order valence-electron chi connectivity index (χ4n) is 2.80. The third kappa shape index (κ3) is 3.51. The topological polar surface area (TPSA) is 66.6 Å². The maximum atomic E-state index is 12.5. The Balaban J connectivity index is 1.63. The summed E-state index contributed by atoms with van der Waals surface area (Å²) in [6.45, 7) is 2.79. The van der Waals surface area contributed by atoms with Crippen LogP contribution in [0.25, 0.3) is 0 Å². The zero-order valence-electron chi connectivity index (χ0n) is 13.1. The van der Waals surface area contributed by atoms with Gasteiger partial charge in [-0.2, -0.15) is 0 Å². The lowest BCUT2D eigenvalue weighted by Gasteiger charge is -2.36. The van der Waals surface area contributed by atoms with E-state index in [2.05, 4.69) is 4.90 Å². The number of halogens is 1. The van der Waals surface area contributed by atoms with Crippen molar-refractivity contribution in [1.82, 2.24) is 4.90 Å². The maximum absolute atomic E-state index is 12.5. The summed E-state index contributed by atoms with van der Waals surface area (Å²) in [7, 11) is 0. The lowest BCUT2D eigenvalue weighted by Crippen LogP contribution is -2.48. The number of hydrogen-bond acceptors (Lipinski definition) is 3. The fraction of sp³-hybridized carbons (Fsp3) is 0.222. The summed E-state index contributed by atoms with van der Waals surface area (Å²) in [5.41, 5.74) is 7.25. The number of rotatable bonds is 3. The molecule has 1 aliphatic rings. The number of hydrogen-bond donors (Lipinski definition) is 1. The van der Waals surface area contributed by atoms with Crippen LogP contribution in [0, 0.1) is 0 Å². The van der Waals surface area contributed by atoms with E-state index < -0.39 is 5.91 Å². The second kappa shape index (κ2) is 6.93. The quantitative estimate of drug-likeness (QED) is 0.930. The summed E-state index contributed by atoms with van der Waals surface area (Å²) in [5.74, 6) is -0.527. The molecular weight excluding hydrogens is 326 g/mol.